The number of hydrogen-bond donors (Lipinski definition) is 2. The smallest absolute Gasteiger partial charge is 0.325 e. The number of nitrogens with one attached hydrogen (secondary N) is 1. The van der Waals surface area contributed by atoms with Crippen LogP contribution in [0.1, 0.15) is 28.7 Å². The van der Waals surface area contributed by atoms with Crippen molar-refractivity contribution in [3.05, 3.63) is 47.8 Å². The van der Waals surface area contributed by atoms with E-state index in [2.05, 4.69) is 20.6 Å². The lowest BCUT2D eigenvalue weighted by molar-refractivity contribution is -0.137. The molecular weight excluding hydrogens is 338 g/mol. The Hall–Kier alpha value is -3.43. The minimum absolute atomic E-state index is 0.167. The van der Waals surface area contributed by atoms with Gasteiger partial charge in [0.2, 0.25) is 0 Å². The van der Waals surface area contributed by atoms with Crippen molar-refractivity contribution in [1.82, 2.24) is 29.3 Å². The number of carboxylic acids is 1. The number of aliphatic carboxylic acids is 1. The number of anilines is 1. The van der Waals surface area contributed by atoms with Gasteiger partial charge in [-0.15, -0.1) is 0 Å². The Bertz CT molecular complexity index is 937. The molecule has 0 spiro atoms. The van der Waals surface area contributed by atoms with Crippen molar-refractivity contribution in [1.29, 1.82) is 0 Å². The van der Waals surface area contributed by atoms with Gasteiger partial charge in [0.1, 0.15) is 12.2 Å². The van der Waals surface area contributed by atoms with Crippen LogP contribution in [0.2, 0.25) is 0 Å². The molecule has 0 saturated heterocycles. The van der Waals surface area contributed by atoms with E-state index in [0.717, 1.165) is 22.5 Å². The van der Waals surface area contributed by atoms with Gasteiger partial charge in [-0.05, 0) is 19.9 Å². The first-order valence-electron chi connectivity index (χ1n) is 8.06. The van der Waals surface area contributed by atoms with E-state index < -0.39 is 11.9 Å². The van der Waals surface area contributed by atoms with E-state index in [1.54, 1.807) is 10.9 Å². The summed E-state index contributed by atoms with van der Waals surface area (Å²) in [5.41, 5.74) is 2.80. The normalized spacial score (nSPS) is 10.8. The summed E-state index contributed by atoms with van der Waals surface area (Å²) >= 11 is 0. The fraction of sp³-hybridized carbons (Fsp3) is 0.312. The Labute approximate surface area is 149 Å². The van der Waals surface area contributed by atoms with Crippen molar-refractivity contribution in [2.45, 2.75) is 33.5 Å². The first-order valence-corrected chi connectivity index (χ1v) is 8.06. The van der Waals surface area contributed by atoms with Crippen LogP contribution in [0.15, 0.2) is 30.9 Å². The summed E-state index contributed by atoms with van der Waals surface area (Å²) in [6.45, 7) is 4.99. The number of carboxylic acid groups (broad SMARTS) is 1. The summed E-state index contributed by atoms with van der Waals surface area (Å²) in [6, 6.07) is 1.46. The second-order valence-corrected chi connectivity index (χ2v) is 5.72. The highest BCUT2D eigenvalue weighted by Gasteiger charge is 2.15. The Morgan fingerprint density at radius 2 is 2.00 bits per heavy atom. The van der Waals surface area contributed by atoms with Crippen LogP contribution >= 0.6 is 0 Å². The van der Waals surface area contributed by atoms with Crippen LogP contribution in [0.25, 0.3) is 0 Å². The molecule has 10 heteroatoms. The molecule has 136 valence electrons. The van der Waals surface area contributed by atoms with Gasteiger partial charge in [0.05, 0.1) is 24.6 Å². The molecule has 3 heterocycles. The number of aryl methyl sites for hydroxylation is 1. The summed E-state index contributed by atoms with van der Waals surface area (Å²) < 4.78 is 4.74. The quantitative estimate of drug-likeness (QED) is 0.651. The molecular formula is C16H19N7O3. The molecule has 0 fully saturated rings. The van der Waals surface area contributed by atoms with Gasteiger partial charge in [-0.1, -0.05) is 0 Å². The lowest BCUT2D eigenvalue weighted by Crippen LogP contribution is -2.20. The molecule has 2 N–H and O–H groups in total. The molecule has 26 heavy (non-hydrogen) atoms. The van der Waals surface area contributed by atoms with E-state index in [-0.39, 0.29) is 12.2 Å². The SMILES string of the molecule is CCn1ncc(Cn2cc(NC(=O)c3ccnn3CC(=O)O)cn2)c1C. The zero-order chi connectivity index (χ0) is 18.7. The first kappa shape index (κ1) is 17.4. The van der Waals surface area contributed by atoms with Crippen LogP contribution in [0.5, 0.6) is 0 Å². The number of rotatable bonds is 7. The molecule has 1 amide bonds. The highest BCUT2D eigenvalue weighted by molar-refractivity contribution is 6.03. The molecule has 0 atom stereocenters. The van der Waals surface area contributed by atoms with Crippen molar-refractivity contribution in [2.24, 2.45) is 0 Å². The zero-order valence-electron chi connectivity index (χ0n) is 14.5. The van der Waals surface area contributed by atoms with E-state index in [1.165, 1.54) is 18.5 Å². The van der Waals surface area contributed by atoms with Gasteiger partial charge >= 0.3 is 5.97 Å². The van der Waals surface area contributed by atoms with Gasteiger partial charge in [0, 0.05) is 30.2 Å². The van der Waals surface area contributed by atoms with Gasteiger partial charge in [0.25, 0.3) is 5.91 Å². The number of carbonyl (C=O) groups is 2. The maximum Gasteiger partial charge on any atom is 0.325 e. The fourth-order valence-corrected chi connectivity index (χ4v) is 2.62. The van der Waals surface area contributed by atoms with Gasteiger partial charge in [-0.3, -0.25) is 19.0 Å². The minimum atomic E-state index is -1.07. The molecule has 10 nitrogen and oxygen atoms in total. The second-order valence-electron chi connectivity index (χ2n) is 5.72. The van der Waals surface area contributed by atoms with E-state index in [1.807, 2.05) is 24.7 Å². The third-order valence-electron chi connectivity index (χ3n) is 3.96. The van der Waals surface area contributed by atoms with Crippen LogP contribution in [-0.2, 0) is 24.4 Å². The van der Waals surface area contributed by atoms with Crippen LogP contribution in [0, 0.1) is 6.92 Å². The average molecular weight is 357 g/mol. The highest BCUT2D eigenvalue weighted by atomic mass is 16.4. The zero-order valence-corrected chi connectivity index (χ0v) is 14.5. The lowest BCUT2D eigenvalue weighted by atomic mass is 10.2. The van der Waals surface area contributed by atoms with Crippen LogP contribution in [0.4, 0.5) is 5.69 Å². The molecule has 0 aliphatic rings. The first-order chi connectivity index (χ1) is 12.5. The molecule has 0 aliphatic carbocycles. The van der Waals surface area contributed by atoms with Crippen molar-refractivity contribution < 1.29 is 14.7 Å². The molecule has 0 saturated carbocycles. The van der Waals surface area contributed by atoms with E-state index >= 15 is 0 Å². The Morgan fingerprint density at radius 3 is 2.69 bits per heavy atom. The number of amides is 1. The minimum Gasteiger partial charge on any atom is -0.480 e. The number of hydrogen-bond acceptors (Lipinski definition) is 5. The number of aromatic nitrogens is 6. The summed E-state index contributed by atoms with van der Waals surface area (Å²) in [7, 11) is 0. The molecule has 3 aromatic rings. The van der Waals surface area contributed by atoms with Crippen LogP contribution in [-0.4, -0.2) is 46.3 Å². The Morgan fingerprint density at radius 1 is 1.19 bits per heavy atom. The summed E-state index contributed by atoms with van der Waals surface area (Å²) in [5, 5.41) is 23.9. The largest absolute Gasteiger partial charge is 0.480 e. The standard InChI is InChI=1S/C16H19N7O3/c1-3-22-11(2)12(6-19-22)8-21-9-13(7-18-21)20-16(26)14-4-5-17-23(14)10-15(24)25/h4-7,9H,3,8,10H2,1-2H3,(H,20,26)(H,24,25). The fourth-order valence-electron chi connectivity index (χ4n) is 2.62. The van der Waals surface area contributed by atoms with Crippen LogP contribution in [0.3, 0.4) is 0 Å². The van der Waals surface area contributed by atoms with Crippen molar-refractivity contribution in [3.8, 4) is 0 Å². The van der Waals surface area contributed by atoms with Gasteiger partial charge in [0.15, 0.2) is 0 Å². The van der Waals surface area contributed by atoms with Crippen LogP contribution < -0.4 is 5.32 Å². The predicted molar refractivity (Wildman–Crippen MR) is 91.8 cm³/mol. The van der Waals surface area contributed by atoms with Crippen molar-refractivity contribution in [2.75, 3.05) is 5.32 Å². The molecule has 0 aromatic carbocycles. The summed E-state index contributed by atoms with van der Waals surface area (Å²) in [5.74, 6) is -1.52. The van der Waals surface area contributed by atoms with Crippen molar-refractivity contribution >= 4 is 17.6 Å². The maximum absolute atomic E-state index is 12.3. The second kappa shape index (κ2) is 7.21. The summed E-state index contributed by atoms with van der Waals surface area (Å²) in [4.78, 5) is 23.1. The van der Waals surface area contributed by atoms with E-state index in [0.29, 0.717) is 12.2 Å². The van der Waals surface area contributed by atoms with E-state index in [9.17, 15) is 9.59 Å². The lowest BCUT2D eigenvalue weighted by Gasteiger charge is -2.05. The molecule has 0 aliphatic heterocycles. The molecule has 0 unspecified atom stereocenters. The third kappa shape index (κ3) is 3.63. The van der Waals surface area contributed by atoms with Crippen molar-refractivity contribution in [3.63, 3.8) is 0 Å². The van der Waals surface area contributed by atoms with Gasteiger partial charge < -0.3 is 10.4 Å². The monoisotopic (exact) mass is 357 g/mol. The third-order valence-corrected chi connectivity index (χ3v) is 3.96. The number of nitrogens with zero attached hydrogens (tertiary/aromatic N) is 6. The molecule has 3 aromatic heterocycles. The predicted octanol–water partition coefficient (Wildman–Crippen LogP) is 0.990. The topological polar surface area (TPSA) is 120 Å². The average Bonchev–Trinajstić information content (AvgIpc) is 3.30. The maximum atomic E-state index is 12.3. The Kier molecular flexibility index (Phi) is 4.83. The Balaban J connectivity index is 1.68. The molecule has 0 radical (unpaired) electrons. The number of carbonyl (C=O) groups excluding carboxylic acids is 1. The summed E-state index contributed by atoms with van der Waals surface area (Å²) in [6.07, 6.45) is 6.44. The van der Waals surface area contributed by atoms with Gasteiger partial charge in [-0.25, -0.2) is 4.68 Å². The highest BCUT2D eigenvalue weighted by Crippen LogP contribution is 2.12. The van der Waals surface area contributed by atoms with Gasteiger partial charge in [-0.2, -0.15) is 15.3 Å². The molecule has 0 bridgehead atoms. The van der Waals surface area contributed by atoms with E-state index in [4.69, 9.17) is 5.11 Å². The molecule has 3 rings (SSSR count).